The van der Waals surface area contributed by atoms with E-state index in [4.69, 9.17) is 4.74 Å². The number of rotatable bonds is 0. The topological polar surface area (TPSA) is 9.23 Å². The Kier molecular flexibility index (Phi) is 0.704. The normalized spacial score (nSPS) is 61.3. The summed E-state index contributed by atoms with van der Waals surface area (Å²) < 4.78 is 5.76. The van der Waals surface area contributed by atoms with Crippen LogP contribution in [0.5, 0.6) is 0 Å². The molecule has 0 spiro atoms. The van der Waals surface area contributed by atoms with Crippen molar-refractivity contribution in [2.45, 2.75) is 37.9 Å². The van der Waals surface area contributed by atoms with Crippen LogP contribution in [0.3, 0.4) is 0 Å². The quantitative estimate of drug-likeness (QED) is 0.476. The SMILES string of the molecule is C1CC2CC3CC1C2O3. The van der Waals surface area contributed by atoms with Crippen molar-refractivity contribution in [3.63, 3.8) is 0 Å². The molecule has 2 unspecified atom stereocenters. The summed E-state index contributed by atoms with van der Waals surface area (Å²) in [5.41, 5.74) is 0. The van der Waals surface area contributed by atoms with Crippen molar-refractivity contribution < 1.29 is 4.74 Å². The van der Waals surface area contributed by atoms with Crippen LogP contribution >= 0.6 is 0 Å². The van der Waals surface area contributed by atoms with E-state index in [0.717, 1.165) is 17.9 Å². The molecule has 0 N–H and O–H groups in total. The Morgan fingerprint density at radius 1 is 1.00 bits per heavy atom. The van der Waals surface area contributed by atoms with Gasteiger partial charge in [-0.2, -0.15) is 0 Å². The van der Waals surface area contributed by atoms with Gasteiger partial charge in [0.2, 0.25) is 0 Å². The van der Waals surface area contributed by atoms with Crippen molar-refractivity contribution in [3.8, 4) is 0 Å². The summed E-state index contributed by atoms with van der Waals surface area (Å²) >= 11 is 0. The van der Waals surface area contributed by atoms with Gasteiger partial charge in [0.25, 0.3) is 0 Å². The fourth-order valence-corrected chi connectivity index (χ4v) is 2.97. The van der Waals surface area contributed by atoms with E-state index in [9.17, 15) is 0 Å². The van der Waals surface area contributed by atoms with Gasteiger partial charge in [0, 0.05) is 0 Å². The van der Waals surface area contributed by atoms with Gasteiger partial charge in [-0.1, -0.05) is 0 Å². The molecule has 2 aliphatic heterocycles. The van der Waals surface area contributed by atoms with E-state index in [1.807, 2.05) is 0 Å². The van der Waals surface area contributed by atoms with Gasteiger partial charge < -0.3 is 4.74 Å². The van der Waals surface area contributed by atoms with Crippen LogP contribution in [0.1, 0.15) is 25.7 Å². The summed E-state index contributed by atoms with van der Waals surface area (Å²) in [6.45, 7) is 0. The highest BCUT2D eigenvalue weighted by Crippen LogP contribution is 2.51. The molecule has 1 heteroatoms. The van der Waals surface area contributed by atoms with Crippen molar-refractivity contribution in [2.24, 2.45) is 11.8 Å². The Morgan fingerprint density at radius 2 is 1.67 bits per heavy atom. The Labute approximate surface area is 55.4 Å². The zero-order valence-electron chi connectivity index (χ0n) is 5.55. The summed E-state index contributed by atoms with van der Waals surface area (Å²) in [6, 6.07) is 0. The molecular formula is C8H12O. The molecule has 1 aliphatic carbocycles. The summed E-state index contributed by atoms with van der Waals surface area (Å²) in [5.74, 6) is 1.96. The van der Waals surface area contributed by atoms with Crippen LogP contribution in [0, 0.1) is 11.8 Å². The lowest BCUT2D eigenvalue weighted by Gasteiger charge is -2.12. The number of fused-ring (bicyclic) bond motifs is 1. The second-order valence-electron chi connectivity index (χ2n) is 3.79. The van der Waals surface area contributed by atoms with Gasteiger partial charge in [0.1, 0.15) is 0 Å². The molecule has 2 atom stereocenters. The molecule has 0 radical (unpaired) electrons. The molecule has 3 aliphatic rings. The molecule has 9 heavy (non-hydrogen) atoms. The maximum absolute atomic E-state index is 5.76. The molecule has 2 bridgehead atoms. The van der Waals surface area contributed by atoms with Gasteiger partial charge >= 0.3 is 0 Å². The first-order chi connectivity index (χ1) is 4.43. The Bertz CT molecular complexity index is 127. The molecule has 2 heterocycles. The molecular weight excluding hydrogens is 112 g/mol. The second-order valence-corrected chi connectivity index (χ2v) is 3.79. The molecule has 0 aromatic rings. The summed E-state index contributed by atoms with van der Waals surface area (Å²) in [5, 5.41) is 0. The maximum Gasteiger partial charge on any atom is 0.0637 e. The summed E-state index contributed by atoms with van der Waals surface area (Å²) in [4.78, 5) is 0. The minimum absolute atomic E-state index is 0.687. The minimum Gasteiger partial charge on any atom is -0.374 e. The van der Waals surface area contributed by atoms with Crippen LogP contribution in [-0.4, -0.2) is 12.2 Å². The largest absolute Gasteiger partial charge is 0.374 e. The van der Waals surface area contributed by atoms with E-state index in [2.05, 4.69) is 0 Å². The fourth-order valence-electron chi connectivity index (χ4n) is 2.97. The van der Waals surface area contributed by atoms with Crippen molar-refractivity contribution in [2.75, 3.05) is 0 Å². The molecule has 0 aromatic carbocycles. The number of ether oxygens (including phenoxy) is 1. The third-order valence-corrected chi connectivity index (χ3v) is 3.32. The first-order valence-corrected chi connectivity index (χ1v) is 4.09. The van der Waals surface area contributed by atoms with Gasteiger partial charge in [-0.15, -0.1) is 0 Å². The van der Waals surface area contributed by atoms with Gasteiger partial charge in [-0.25, -0.2) is 0 Å². The average Bonchev–Trinajstić information content (AvgIpc) is 2.35. The smallest absolute Gasteiger partial charge is 0.0637 e. The van der Waals surface area contributed by atoms with Gasteiger partial charge in [0.15, 0.2) is 0 Å². The molecule has 50 valence electrons. The third kappa shape index (κ3) is 0.454. The fraction of sp³-hybridized carbons (Fsp3) is 1.00. The molecule has 3 rings (SSSR count). The molecule has 1 nitrogen and oxygen atoms in total. The molecule has 0 amide bonds. The highest BCUT2D eigenvalue weighted by molar-refractivity contribution is 4.99. The van der Waals surface area contributed by atoms with Crippen LogP contribution < -0.4 is 0 Å². The van der Waals surface area contributed by atoms with E-state index in [-0.39, 0.29) is 0 Å². The van der Waals surface area contributed by atoms with Crippen LogP contribution in [0.15, 0.2) is 0 Å². The summed E-state index contributed by atoms with van der Waals surface area (Å²) in [7, 11) is 0. The van der Waals surface area contributed by atoms with Gasteiger partial charge in [-0.05, 0) is 37.5 Å². The average molecular weight is 124 g/mol. The van der Waals surface area contributed by atoms with E-state index in [0.29, 0.717) is 6.10 Å². The number of hydrogen-bond donors (Lipinski definition) is 0. The first-order valence-electron chi connectivity index (χ1n) is 4.09. The Balaban J connectivity index is 2.02. The third-order valence-electron chi connectivity index (χ3n) is 3.32. The minimum atomic E-state index is 0.687. The van der Waals surface area contributed by atoms with Gasteiger partial charge in [0.05, 0.1) is 12.2 Å². The first kappa shape index (κ1) is 4.73. The van der Waals surface area contributed by atoms with Crippen LogP contribution in [-0.2, 0) is 4.74 Å². The van der Waals surface area contributed by atoms with Gasteiger partial charge in [-0.3, -0.25) is 0 Å². The number of hydrogen-bond acceptors (Lipinski definition) is 1. The van der Waals surface area contributed by atoms with Crippen molar-refractivity contribution >= 4 is 0 Å². The molecule has 3 fully saturated rings. The lowest BCUT2D eigenvalue weighted by atomic mass is 9.89. The van der Waals surface area contributed by atoms with E-state index < -0.39 is 0 Å². The predicted molar refractivity (Wildman–Crippen MR) is 34.1 cm³/mol. The predicted octanol–water partition coefficient (Wildman–Crippen LogP) is 1.57. The standard InChI is InChI=1S/C8H12O/c1-2-6-4-7-3-5(1)8(6)9-7/h5-8H,1-4H2. The van der Waals surface area contributed by atoms with Crippen LogP contribution in [0.4, 0.5) is 0 Å². The summed E-state index contributed by atoms with van der Waals surface area (Å²) in [6.07, 6.45) is 7.11. The zero-order valence-corrected chi connectivity index (χ0v) is 5.55. The molecule has 0 aromatic heterocycles. The highest BCUT2D eigenvalue weighted by Gasteiger charge is 2.50. The molecule has 2 saturated heterocycles. The van der Waals surface area contributed by atoms with Crippen molar-refractivity contribution in [3.05, 3.63) is 0 Å². The van der Waals surface area contributed by atoms with Crippen molar-refractivity contribution in [1.82, 2.24) is 0 Å². The second kappa shape index (κ2) is 1.34. The highest BCUT2D eigenvalue weighted by atomic mass is 16.5. The van der Waals surface area contributed by atoms with Crippen LogP contribution in [0.2, 0.25) is 0 Å². The zero-order chi connectivity index (χ0) is 5.84. The lowest BCUT2D eigenvalue weighted by Crippen LogP contribution is -2.15. The Hall–Kier alpha value is -0.0400. The van der Waals surface area contributed by atoms with E-state index in [1.54, 1.807) is 0 Å². The van der Waals surface area contributed by atoms with E-state index in [1.165, 1.54) is 25.7 Å². The lowest BCUT2D eigenvalue weighted by molar-refractivity contribution is 0.0903. The molecule has 1 saturated carbocycles. The monoisotopic (exact) mass is 124 g/mol. The Morgan fingerprint density at radius 3 is 2.11 bits per heavy atom. The van der Waals surface area contributed by atoms with Crippen molar-refractivity contribution in [1.29, 1.82) is 0 Å². The van der Waals surface area contributed by atoms with E-state index >= 15 is 0 Å². The maximum atomic E-state index is 5.76. The van der Waals surface area contributed by atoms with Crippen LogP contribution in [0.25, 0.3) is 0 Å².